The molecule has 3 heteroatoms. The Morgan fingerprint density at radius 1 is 1.50 bits per heavy atom. The van der Waals surface area contributed by atoms with Crippen molar-refractivity contribution in [1.82, 2.24) is 0 Å². The SMILES string of the molecule is COCC[O][Bi]. The van der Waals surface area contributed by atoms with Crippen molar-refractivity contribution in [3.63, 3.8) is 0 Å². The molecule has 0 aliphatic carbocycles. The number of rotatable bonds is 3. The molecule has 0 spiro atoms. The van der Waals surface area contributed by atoms with Gasteiger partial charge in [-0.3, -0.25) is 0 Å². The van der Waals surface area contributed by atoms with Crippen LogP contribution in [0, 0.1) is 0 Å². The first-order chi connectivity index (χ1) is 2.91. The van der Waals surface area contributed by atoms with Crippen molar-refractivity contribution in [3.05, 3.63) is 0 Å². The molecular formula is C3H7BiO2. The van der Waals surface area contributed by atoms with E-state index in [2.05, 4.69) is 4.74 Å². The van der Waals surface area contributed by atoms with Crippen molar-refractivity contribution in [3.8, 4) is 0 Å². The third-order valence-corrected chi connectivity index (χ3v) is 1.09. The average molecular weight is 284 g/mol. The molecule has 0 N–H and O–H groups in total. The molecule has 0 saturated carbocycles. The van der Waals surface area contributed by atoms with Gasteiger partial charge < -0.3 is 0 Å². The Balaban J connectivity index is 2.34. The first-order valence-electron chi connectivity index (χ1n) is 1.67. The molecule has 0 rings (SSSR count). The Hall–Kier alpha value is 0.803. The van der Waals surface area contributed by atoms with Gasteiger partial charge in [0.2, 0.25) is 0 Å². The van der Waals surface area contributed by atoms with Gasteiger partial charge in [-0.2, -0.15) is 0 Å². The van der Waals surface area contributed by atoms with Gasteiger partial charge in [-0.25, -0.2) is 0 Å². The topological polar surface area (TPSA) is 18.5 Å². The fourth-order valence-electron chi connectivity index (χ4n) is 0.121. The minimum absolute atomic E-state index is 0.719. The molecule has 0 atom stereocenters. The van der Waals surface area contributed by atoms with Gasteiger partial charge >= 0.3 is 53.0 Å². The molecule has 0 bridgehead atoms. The first kappa shape index (κ1) is 6.80. The second-order valence-corrected chi connectivity index (χ2v) is 1.83. The van der Waals surface area contributed by atoms with Crippen LogP contribution in [0.4, 0.5) is 0 Å². The summed E-state index contributed by atoms with van der Waals surface area (Å²) in [5.41, 5.74) is 0. The molecule has 0 amide bonds. The van der Waals surface area contributed by atoms with Gasteiger partial charge in [0.25, 0.3) is 0 Å². The average Bonchev–Trinajstić information content (AvgIpc) is 1.61. The van der Waals surface area contributed by atoms with Crippen LogP contribution in [0.5, 0.6) is 0 Å². The van der Waals surface area contributed by atoms with Crippen molar-refractivity contribution >= 4 is 25.2 Å². The molecule has 2 radical (unpaired) electrons. The maximum absolute atomic E-state index is 4.77. The molecule has 0 aromatic rings. The van der Waals surface area contributed by atoms with Gasteiger partial charge in [0.1, 0.15) is 0 Å². The van der Waals surface area contributed by atoms with Crippen molar-refractivity contribution in [1.29, 1.82) is 0 Å². The van der Waals surface area contributed by atoms with Crippen LogP contribution in [-0.4, -0.2) is 45.5 Å². The van der Waals surface area contributed by atoms with E-state index in [1.165, 1.54) is 0 Å². The maximum atomic E-state index is 4.77. The zero-order valence-corrected chi connectivity index (χ0v) is 7.15. The monoisotopic (exact) mass is 284 g/mol. The van der Waals surface area contributed by atoms with Crippen molar-refractivity contribution in [2.24, 2.45) is 0 Å². The van der Waals surface area contributed by atoms with E-state index in [0.717, 1.165) is 38.4 Å². The fourth-order valence-corrected chi connectivity index (χ4v) is 0.410. The van der Waals surface area contributed by atoms with Gasteiger partial charge in [-0.15, -0.1) is 0 Å². The van der Waals surface area contributed by atoms with Gasteiger partial charge in [0.15, 0.2) is 0 Å². The van der Waals surface area contributed by atoms with Crippen LogP contribution in [0.15, 0.2) is 0 Å². The van der Waals surface area contributed by atoms with E-state index in [1.54, 1.807) is 7.11 Å². The molecule has 0 heterocycles. The van der Waals surface area contributed by atoms with E-state index in [-0.39, 0.29) is 0 Å². The van der Waals surface area contributed by atoms with E-state index in [9.17, 15) is 0 Å². The van der Waals surface area contributed by atoms with Crippen LogP contribution in [0.25, 0.3) is 0 Å². The molecule has 0 fully saturated rings. The summed E-state index contributed by atoms with van der Waals surface area (Å²) in [6.45, 7) is 1.46. The Labute approximate surface area is 53.3 Å². The van der Waals surface area contributed by atoms with Crippen molar-refractivity contribution in [2.75, 3.05) is 20.3 Å². The molecular weight excluding hydrogens is 277 g/mol. The van der Waals surface area contributed by atoms with E-state index in [4.69, 9.17) is 2.81 Å². The van der Waals surface area contributed by atoms with E-state index in [0.29, 0.717) is 0 Å². The van der Waals surface area contributed by atoms with Gasteiger partial charge in [0, 0.05) is 0 Å². The van der Waals surface area contributed by atoms with E-state index < -0.39 is 0 Å². The quantitative estimate of drug-likeness (QED) is 0.525. The molecule has 2 nitrogen and oxygen atoms in total. The molecule has 0 aromatic carbocycles. The van der Waals surface area contributed by atoms with Crippen LogP contribution in [0.1, 0.15) is 0 Å². The summed E-state index contributed by atoms with van der Waals surface area (Å²) >= 11 is 0.989. The van der Waals surface area contributed by atoms with Gasteiger partial charge in [-0.1, -0.05) is 0 Å². The second kappa shape index (κ2) is 5.80. The number of methoxy groups -OCH3 is 1. The summed E-state index contributed by atoms with van der Waals surface area (Å²) in [6, 6.07) is 0. The zero-order valence-electron chi connectivity index (χ0n) is 3.68. The predicted octanol–water partition coefficient (Wildman–Crippen LogP) is -0.267. The Morgan fingerprint density at radius 3 is 2.33 bits per heavy atom. The standard InChI is InChI=1S/C3H7O2.Bi/c1-5-3-2-4;/h2-3H2,1H3;/q-1;+1. The first-order valence-corrected chi connectivity index (χ1v) is 3.09. The Morgan fingerprint density at radius 2 is 2.17 bits per heavy atom. The zero-order chi connectivity index (χ0) is 4.83. The Kier molecular flexibility index (Phi) is 6.58. The molecule has 6 heavy (non-hydrogen) atoms. The van der Waals surface area contributed by atoms with Crippen LogP contribution < -0.4 is 0 Å². The summed E-state index contributed by atoms with van der Waals surface area (Å²) in [6.07, 6.45) is 0. The van der Waals surface area contributed by atoms with E-state index in [1.807, 2.05) is 0 Å². The third kappa shape index (κ3) is 4.80. The fraction of sp³-hybridized carbons (Fsp3) is 1.00. The third-order valence-electron chi connectivity index (χ3n) is 0.379. The van der Waals surface area contributed by atoms with Gasteiger partial charge in [-0.05, 0) is 0 Å². The molecule has 0 saturated heterocycles. The predicted molar refractivity (Wildman–Crippen MR) is 23.6 cm³/mol. The van der Waals surface area contributed by atoms with E-state index >= 15 is 0 Å². The summed E-state index contributed by atoms with van der Waals surface area (Å²) in [5.74, 6) is 0. The molecule has 0 aromatic heterocycles. The summed E-state index contributed by atoms with van der Waals surface area (Å²) in [7, 11) is 1.66. The molecule has 0 unspecified atom stereocenters. The number of hydrogen-bond acceptors (Lipinski definition) is 2. The number of hydrogen-bond donors (Lipinski definition) is 0. The number of ether oxygens (including phenoxy) is 1. The van der Waals surface area contributed by atoms with Crippen LogP contribution in [0.2, 0.25) is 0 Å². The molecule has 36 valence electrons. The van der Waals surface area contributed by atoms with Crippen LogP contribution in [0.3, 0.4) is 0 Å². The minimum atomic E-state index is 0.719. The second-order valence-electron chi connectivity index (χ2n) is 0.826. The molecule has 0 aliphatic rings. The van der Waals surface area contributed by atoms with Crippen molar-refractivity contribution in [2.45, 2.75) is 0 Å². The summed E-state index contributed by atoms with van der Waals surface area (Å²) in [5, 5.41) is 0. The van der Waals surface area contributed by atoms with Gasteiger partial charge in [0.05, 0.1) is 0 Å². The Bertz CT molecular complexity index is 20.8. The normalized spacial score (nSPS) is 9.00. The summed E-state index contributed by atoms with van der Waals surface area (Å²) in [4.78, 5) is 0. The summed E-state index contributed by atoms with van der Waals surface area (Å²) < 4.78 is 9.44. The van der Waals surface area contributed by atoms with Crippen molar-refractivity contribution < 1.29 is 7.55 Å². The molecule has 0 aliphatic heterocycles. The van der Waals surface area contributed by atoms with Crippen LogP contribution >= 0.6 is 0 Å². The van der Waals surface area contributed by atoms with Crippen LogP contribution in [-0.2, 0) is 7.55 Å².